The van der Waals surface area contributed by atoms with Gasteiger partial charge in [-0.3, -0.25) is 4.79 Å². The molecule has 2 aromatic rings. The molecular weight excluding hydrogens is 323 g/mol. The van der Waals surface area contributed by atoms with Crippen LogP contribution in [0.2, 0.25) is 0 Å². The lowest BCUT2D eigenvalue weighted by molar-refractivity contribution is -0.118. The Morgan fingerprint density at radius 2 is 1.95 bits per heavy atom. The molecule has 4 N–H and O–H groups in total. The van der Waals surface area contributed by atoms with Gasteiger partial charge >= 0.3 is 0 Å². The van der Waals surface area contributed by atoms with Crippen molar-refractivity contribution in [3.8, 4) is 11.4 Å². The van der Waals surface area contributed by atoms with Gasteiger partial charge in [0.2, 0.25) is 5.91 Å². The smallest absolute Gasteiger partial charge is 0.241 e. The fourth-order valence-corrected chi connectivity index (χ4v) is 1.87. The van der Waals surface area contributed by atoms with Crippen LogP contribution in [0.5, 0.6) is 0 Å². The molecule has 0 aliphatic carbocycles. The van der Waals surface area contributed by atoms with Crippen LogP contribution in [0.1, 0.15) is 20.3 Å². The molecule has 2 rings (SSSR count). The molecule has 0 saturated carbocycles. The van der Waals surface area contributed by atoms with Crippen molar-refractivity contribution in [2.75, 3.05) is 5.32 Å². The van der Waals surface area contributed by atoms with Crippen molar-refractivity contribution in [1.29, 1.82) is 0 Å². The van der Waals surface area contributed by atoms with Gasteiger partial charge in [-0.25, -0.2) is 4.98 Å². The second-order valence-corrected chi connectivity index (χ2v) is 4.92. The highest BCUT2D eigenvalue weighted by Crippen LogP contribution is 2.18. The van der Waals surface area contributed by atoms with E-state index in [1.165, 1.54) is 0 Å². The zero-order valence-electron chi connectivity index (χ0n) is 12.6. The summed E-state index contributed by atoms with van der Waals surface area (Å²) >= 11 is 0. The molecule has 1 amide bonds. The van der Waals surface area contributed by atoms with E-state index in [0.29, 0.717) is 0 Å². The summed E-state index contributed by atoms with van der Waals surface area (Å²) in [5, 5.41) is 2.83. The molecule has 0 spiro atoms. The van der Waals surface area contributed by atoms with E-state index in [0.717, 1.165) is 23.5 Å². The summed E-state index contributed by atoms with van der Waals surface area (Å²) in [4.78, 5) is 19.2. The molecule has 2 unspecified atom stereocenters. The lowest BCUT2D eigenvalue weighted by Gasteiger charge is -2.17. The molecule has 0 bridgehead atoms. The van der Waals surface area contributed by atoms with Crippen molar-refractivity contribution in [3.05, 3.63) is 36.7 Å². The van der Waals surface area contributed by atoms with E-state index in [-0.39, 0.29) is 36.6 Å². The normalized spacial score (nSPS) is 12.5. The largest absolute Gasteiger partial charge is 0.345 e. The Morgan fingerprint density at radius 3 is 2.45 bits per heavy atom. The van der Waals surface area contributed by atoms with Gasteiger partial charge in [0, 0.05) is 23.6 Å². The van der Waals surface area contributed by atoms with Crippen LogP contribution in [0.25, 0.3) is 11.4 Å². The van der Waals surface area contributed by atoms with Crippen LogP contribution in [0.3, 0.4) is 0 Å². The van der Waals surface area contributed by atoms with E-state index in [1.54, 1.807) is 12.4 Å². The van der Waals surface area contributed by atoms with Crippen LogP contribution in [0.15, 0.2) is 36.7 Å². The fraction of sp³-hybridized carbons (Fsp3) is 0.333. The van der Waals surface area contributed by atoms with E-state index in [4.69, 9.17) is 5.73 Å². The van der Waals surface area contributed by atoms with Gasteiger partial charge in [-0.15, -0.1) is 24.8 Å². The summed E-state index contributed by atoms with van der Waals surface area (Å²) in [6.07, 6.45) is 4.36. The number of H-pyrrole nitrogens is 1. The van der Waals surface area contributed by atoms with Crippen molar-refractivity contribution < 1.29 is 4.79 Å². The number of hydrogen-bond donors (Lipinski definition) is 3. The zero-order valence-corrected chi connectivity index (χ0v) is 14.2. The number of aromatic amines is 1. The Bertz CT molecular complexity index is 557. The molecule has 22 heavy (non-hydrogen) atoms. The summed E-state index contributed by atoms with van der Waals surface area (Å²) in [6, 6.07) is 7.02. The summed E-state index contributed by atoms with van der Waals surface area (Å²) in [7, 11) is 0. The summed E-state index contributed by atoms with van der Waals surface area (Å²) in [6.45, 7) is 4.00. The minimum Gasteiger partial charge on any atom is -0.345 e. The minimum atomic E-state index is -0.482. The first-order valence-electron chi connectivity index (χ1n) is 6.78. The van der Waals surface area contributed by atoms with Crippen LogP contribution in [-0.2, 0) is 4.79 Å². The highest BCUT2D eigenvalue weighted by atomic mass is 35.5. The maximum Gasteiger partial charge on any atom is 0.241 e. The van der Waals surface area contributed by atoms with Crippen molar-refractivity contribution in [3.63, 3.8) is 0 Å². The third kappa shape index (κ3) is 5.02. The zero-order chi connectivity index (χ0) is 14.5. The Hall–Kier alpha value is -1.56. The highest BCUT2D eigenvalue weighted by Gasteiger charge is 2.19. The number of imidazole rings is 1. The third-order valence-corrected chi connectivity index (χ3v) is 3.48. The number of anilines is 1. The van der Waals surface area contributed by atoms with Gasteiger partial charge in [0.05, 0.1) is 6.04 Å². The fourth-order valence-electron chi connectivity index (χ4n) is 1.87. The topological polar surface area (TPSA) is 83.8 Å². The number of benzene rings is 1. The number of hydrogen-bond acceptors (Lipinski definition) is 3. The van der Waals surface area contributed by atoms with Crippen LogP contribution in [0, 0.1) is 5.92 Å². The SMILES string of the molecule is CCC(C)C(N)C(=O)Nc1ccc(-c2ncc[nH]2)cc1.Cl.Cl. The molecule has 2 atom stereocenters. The predicted octanol–water partition coefficient (Wildman–Crippen LogP) is 3.23. The molecular formula is C15H22Cl2N4O. The van der Waals surface area contributed by atoms with Gasteiger partial charge in [-0.1, -0.05) is 20.3 Å². The summed E-state index contributed by atoms with van der Waals surface area (Å²) in [5.74, 6) is 0.821. The van der Waals surface area contributed by atoms with Gasteiger partial charge in [-0.05, 0) is 30.2 Å². The number of nitrogens with zero attached hydrogens (tertiary/aromatic N) is 1. The number of halogens is 2. The van der Waals surface area contributed by atoms with E-state index >= 15 is 0 Å². The lowest BCUT2D eigenvalue weighted by atomic mass is 9.99. The molecule has 0 aliphatic rings. The number of nitrogens with two attached hydrogens (primary N) is 1. The maximum atomic E-state index is 12.0. The Morgan fingerprint density at radius 1 is 1.32 bits per heavy atom. The third-order valence-electron chi connectivity index (χ3n) is 3.48. The first-order chi connectivity index (χ1) is 9.61. The quantitative estimate of drug-likeness (QED) is 0.778. The molecule has 0 aliphatic heterocycles. The Kier molecular flexibility index (Phi) is 8.79. The number of nitrogens with one attached hydrogen (secondary N) is 2. The Labute approximate surface area is 142 Å². The molecule has 7 heteroatoms. The van der Waals surface area contributed by atoms with Crippen molar-refractivity contribution in [1.82, 2.24) is 9.97 Å². The van der Waals surface area contributed by atoms with Gasteiger partial charge in [0.25, 0.3) is 0 Å². The first-order valence-corrected chi connectivity index (χ1v) is 6.78. The molecule has 0 radical (unpaired) electrons. The monoisotopic (exact) mass is 344 g/mol. The number of rotatable bonds is 5. The summed E-state index contributed by atoms with van der Waals surface area (Å²) < 4.78 is 0. The number of aromatic nitrogens is 2. The van der Waals surface area contributed by atoms with Crippen molar-refractivity contribution >= 4 is 36.4 Å². The molecule has 0 fully saturated rings. The van der Waals surface area contributed by atoms with E-state index in [1.807, 2.05) is 38.1 Å². The first kappa shape index (κ1) is 20.4. The minimum absolute atomic E-state index is 0. The average Bonchev–Trinajstić information content (AvgIpc) is 3.00. The van der Waals surface area contributed by atoms with E-state index in [2.05, 4.69) is 15.3 Å². The van der Waals surface area contributed by atoms with Crippen molar-refractivity contribution in [2.45, 2.75) is 26.3 Å². The lowest BCUT2D eigenvalue weighted by Crippen LogP contribution is -2.40. The standard InChI is InChI=1S/C15H20N4O.2ClH/c1-3-10(2)13(16)15(20)19-12-6-4-11(5-7-12)14-17-8-9-18-14;;/h4-10,13H,3,16H2,1-2H3,(H,17,18)(H,19,20);2*1H. The van der Waals surface area contributed by atoms with Crippen molar-refractivity contribution in [2.24, 2.45) is 11.7 Å². The van der Waals surface area contributed by atoms with Gasteiger partial charge < -0.3 is 16.0 Å². The van der Waals surface area contributed by atoms with E-state index in [9.17, 15) is 4.79 Å². The van der Waals surface area contributed by atoms with Gasteiger partial charge in [0.1, 0.15) is 5.82 Å². The number of carbonyl (C=O) groups is 1. The average molecular weight is 345 g/mol. The summed E-state index contributed by atoms with van der Waals surface area (Å²) in [5.41, 5.74) is 7.61. The Balaban J connectivity index is 0.00000220. The number of amides is 1. The van der Waals surface area contributed by atoms with Crippen LogP contribution >= 0.6 is 24.8 Å². The second kappa shape index (κ2) is 9.46. The van der Waals surface area contributed by atoms with Crippen LogP contribution in [-0.4, -0.2) is 21.9 Å². The second-order valence-electron chi connectivity index (χ2n) is 4.92. The van der Waals surface area contributed by atoms with E-state index < -0.39 is 6.04 Å². The van der Waals surface area contributed by atoms with Crippen LogP contribution < -0.4 is 11.1 Å². The molecule has 1 heterocycles. The number of carbonyl (C=O) groups excluding carboxylic acids is 1. The molecule has 1 aromatic carbocycles. The molecule has 1 aromatic heterocycles. The van der Waals surface area contributed by atoms with Gasteiger partial charge in [-0.2, -0.15) is 0 Å². The molecule has 0 saturated heterocycles. The van der Waals surface area contributed by atoms with Gasteiger partial charge in [0.15, 0.2) is 0 Å². The maximum absolute atomic E-state index is 12.0. The van der Waals surface area contributed by atoms with Crippen LogP contribution in [0.4, 0.5) is 5.69 Å². The highest BCUT2D eigenvalue weighted by molar-refractivity contribution is 5.95. The molecule has 122 valence electrons. The predicted molar refractivity (Wildman–Crippen MR) is 94.6 cm³/mol. The molecule has 5 nitrogen and oxygen atoms in total.